The smallest absolute Gasteiger partial charge is 0.211 e. The highest BCUT2D eigenvalue weighted by Crippen LogP contribution is 2.54. The molecular formula is C28H25NO3. The van der Waals surface area contributed by atoms with Crippen molar-refractivity contribution in [2.75, 3.05) is 11.9 Å². The highest BCUT2D eigenvalue weighted by Gasteiger charge is 2.57. The van der Waals surface area contributed by atoms with E-state index in [9.17, 15) is 9.59 Å². The third kappa shape index (κ3) is 2.76. The summed E-state index contributed by atoms with van der Waals surface area (Å²) in [6.07, 6.45) is 4.14. The van der Waals surface area contributed by atoms with Crippen LogP contribution in [0, 0.1) is 0 Å². The molecule has 0 bridgehead atoms. The van der Waals surface area contributed by atoms with Crippen LogP contribution in [0.3, 0.4) is 0 Å². The van der Waals surface area contributed by atoms with Gasteiger partial charge in [0.2, 0.25) is 5.72 Å². The number of fused-ring (bicyclic) bond motifs is 2. The van der Waals surface area contributed by atoms with E-state index in [0.29, 0.717) is 22.4 Å². The van der Waals surface area contributed by atoms with Crippen LogP contribution >= 0.6 is 0 Å². The molecule has 1 spiro atoms. The number of anilines is 1. The summed E-state index contributed by atoms with van der Waals surface area (Å²) in [7, 11) is 2.01. The van der Waals surface area contributed by atoms with Gasteiger partial charge in [0.15, 0.2) is 11.6 Å². The number of carbonyl (C=O) groups is 2. The molecule has 5 rings (SSSR count). The monoisotopic (exact) mass is 423 g/mol. The minimum Gasteiger partial charge on any atom is -0.463 e. The summed E-state index contributed by atoms with van der Waals surface area (Å²) in [6, 6.07) is 20.8. The predicted octanol–water partition coefficient (Wildman–Crippen LogP) is 5.65. The van der Waals surface area contributed by atoms with Crippen LogP contribution in [0.1, 0.15) is 58.2 Å². The molecule has 0 aliphatic carbocycles. The van der Waals surface area contributed by atoms with E-state index in [2.05, 4.69) is 30.9 Å². The number of ether oxygens (including phenoxy) is 1. The van der Waals surface area contributed by atoms with Crippen LogP contribution in [0.15, 0.2) is 72.8 Å². The second-order valence-corrected chi connectivity index (χ2v) is 9.05. The molecule has 4 heteroatoms. The van der Waals surface area contributed by atoms with Crippen molar-refractivity contribution in [2.24, 2.45) is 0 Å². The number of nitrogens with zero attached hydrogens (tertiary/aromatic N) is 1. The maximum Gasteiger partial charge on any atom is 0.211 e. The van der Waals surface area contributed by atoms with E-state index in [-0.39, 0.29) is 11.6 Å². The Hall–Kier alpha value is -3.66. The van der Waals surface area contributed by atoms with Crippen molar-refractivity contribution < 1.29 is 14.3 Å². The molecule has 0 N–H and O–H groups in total. The number of hydrogen-bond donors (Lipinski definition) is 0. The van der Waals surface area contributed by atoms with Crippen molar-refractivity contribution in [2.45, 2.75) is 31.9 Å². The van der Waals surface area contributed by atoms with E-state index < -0.39 is 11.1 Å². The van der Waals surface area contributed by atoms with Gasteiger partial charge in [0.25, 0.3) is 0 Å². The van der Waals surface area contributed by atoms with Crippen molar-refractivity contribution in [1.82, 2.24) is 0 Å². The summed E-state index contributed by atoms with van der Waals surface area (Å²) < 4.78 is 6.67. The normalized spacial score (nSPS) is 19.9. The molecular weight excluding hydrogens is 398 g/mol. The molecule has 0 aromatic heterocycles. The summed E-state index contributed by atoms with van der Waals surface area (Å²) in [5.41, 5.74) is 3.75. The minimum absolute atomic E-state index is 0.00403. The molecule has 3 aromatic carbocycles. The molecule has 1 atom stereocenters. The lowest BCUT2D eigenvalue weighted by Crippen LogP contribution is -2.58. The zero-order valence-electron chi connectivity index (χ0n) is 18.7. The first kappa shape index (κ1) is 20.3. The van der Waals surface area contributed by atoms with E-state index in [4.69, 9.17) is 4.74 Å². The second-order valence-electron chi connectivity index (χ2n) is 9.05. The van der Waals surface area contributed by atoms with Crippen LogP contribution in [-0.4, -0.2) is 24.3 Å². The lowest BCUT2D eigenvalue weighted by molar-refractivity contribution is 0.0580. The largest absolute Gasteiger partial charge is 0.463 e. The summed E-state index contributed by atoms with van der Waals surface area (Å²) in [5, 5.41) is 0. The topological polar surface area (TPSA) is 46.6 Å². The zero-order valence-corrected chi connectivity index (χ0v) is 18.7. The third-order valence-electron chi connectivity index (χ3n) is 6.90. The summed E-state index contributed by atoms with van der Waals surface area (Å²) in [4.78, 5) is 27.1. The Morgan fingerprint density at radius 1 is 0.875 bits per heavy atom. The molecule has 0 radical (unpaired) electrons. The quantitative estimate of drug-likeness (QED) is 0.511. The molecule has 1 unspecified atom stereocenters. The summed E-state index contributed by atoms with van der Waals surface area (Å²) in [5.74, 6) is 0.698. The number of carbonyl (C=O) groups excluding carboxylic acids is 2. The Kier molecular flexibility index (Phi) is 4.38. The van der Waals surface area contributed by atoms with E-state index >= 15 is 0 Å². The molecule has 4 nitrogen and oxygen atoms in total. The lowest BCUT2D eigenvalue weighted by atomic mass is 9.76. The van der Waals surface area contributed by atoms with Crippen LogP contribution in [-0.2, 0) is 5.41 Å². The Labute approximate surface area is 188 Å². The standard InChI is InChI=1S/C28H25NO3/c1-18(30)21-11-10-19-14-15-28(32-25(19)17-21)27(2,3)23-16-22(12-13-24(23)29(28)4)26(31)20-8-6-5-7-9-20/h5-17H,1-4H3. The highest BCUT2D eigenvalue weighted by molar-refractivity contribution is 6.09. The van der Waals surface area contributed by atoms with Crippen LogP contribution < -0.4 is 9.64 Å². The molecule has 3 aromatic rings. The van der Waals surface area contributed by atoms with Gasteiger partial charge in [-0.3, -0.25) is 9.59 Å². The van der Waals surface area contributed by atoms with Gasteiger partial charge in [0.05, 0.1) is 5.41 Å². The lowest BCUT2D eigenvalue weighted by Gasteiger charge is -2.45. The van der Waals surface area contributed by atoms with E-state index in [1.54, 1.807) is 6.92 Å². The molecule has 160 valence electrons. The van der Waals surface area contributed by atoms with Gasteiger partial charge in [0.1, 0.15) is 5.75 Å². The third-order valence-corrected chi connectivity index (χ3v) is 6.90. The first-order valence-electron chi connectivity index (χ1n) is 10.8. The number of hydrogen-bond acceptors (Lipinski definition) is 4. The fourth-order valence-electron chi connectivity index (χ4n) is 4.92. The van der Waals surface area contributed by atoms with Crippen molar-refractivity contribution >= 4 is 23.3 Å². The van der Waals surface area contributed by atoms with Crippen LogP contribution in [0.2, 0.25) is 0 Å². The number of rotatable bonds is 3. The molecule has 0 saturated heterocycles. The number of likely N-dealkylation sites (N-methyl/N-ethyl adjacent to an activating group) is 1. The minimum atomic E-state index is -0.772. The van der Waals surface area contributed by atoms with Crippen LogP contribution in [0.25, 0.3) is 6.08 Å². The zero-order chi connectivity index (χ0) is 22.7. The molecule has 2 aliphatic heterocycles. The Bertz CT molecular complexity index is 1290. The van der Waals surface area contributed by atoms with Gasteiger partial charge in [-0.1, -0.05) is 42.5 Å². The highest BCUT2D eigenvalue weighted by atomic mass is 16.5. The summed E-state index contributed by atoms with van der Waals surface area (Å²) in [6.45, 7) is 5.83. The Balaban J connectivity index is 1.58. The Morgan fingerprint density at radius 2 is 1.59 bits per heavy atom. The first-order valence-corrected chi connectivity index (χ1v) is 10.8. The van der Waals surface area contributed by atoms with E-state index in [1.807, 2.05) is 73.8 Å². The van der Waals surface area contributed by atoms with Gasteiger partial charge in [-0.05, 0) is 62.8 Å². The molecule has 0 amide bonds. The average Bonchev–Trinajstić information content (AvgIpc) is 2.96. The van der Waals surface area contributed by atoms with Gasteiger partial charge < -0.3 is 9.64 Å². The maximum absolute atomic E-state index is 13.1. The number of Topliss-reactive ketones (excluding diaryl/α,β-unsaturated/α-hetero) is 1. The van der Waals surface area contributed by atoms with Gasteiger partial charge in [0, 0.05) is 35.0 Å². The SMILES string of the molecule is CC(=O)c1ccc2c(c1)OC1(C=C2)N(C)c2ccc(C(=O)c3ccccc3)cc2C1(C)C. The molecule has 2 heterocycles. The molecule has 2 aliphatic rings. The van der Waals surface area contributed by atoms with E-state index in [1.165, 1.54) is 0 Å². The fraction of sp³-hybridized carbons (Fsp3) is 0.214. The van der Waals surface area contributed by atoms with Crippen molar-refractivity contribution in [3.8, 4) is 5.75 Å². The fourth-order valence-corrected chi connectivity index (χ4v) is 4.92. The van der Waals surface area contributed by atoms with Gasteiger partial charge in [-0.15, -0.1) is 0 Å². The van der Waals surface area contributed by atoms with Crippen molar-refractivity contribution in [3.05, 3.63) is 101 Å². The predicted molar refractivity (Wildman–Crippen MR) is 127 cm³/mol. The molecule has 0 saturated carbocycles. The van der Waals surface area contributed by atoms with Gasteiger partial charge in [-0.25, -0.2) is 0 Å². The molecule has 0 fully saturated rings. The van der Waals surface area contributed by atoms with Crippen molar-refractivity contribution in [1.29, 1.82) is 0 Å². The number of ketones is 2. The van der Waals surface area contributed by atoms with E-state index in [0.717, 1.165) is 16.8 Å². The van der Waals surface area contributed by atoms with Gasteiger partial charge in [-0.2, -0.15) is 0 Å². The Morgan fingerprint density at radius 3 is 2.31 bits per heavy atom. The second kappa shape index (κ2) is 6.92. The van der Waals surface area contributed by atoms with Gasteiger partial charge >= 0.3 is 0 Å². The first-order chi connectivity index (χ1) is 15.2. The maximum atomic E-state index is 13.1. The number of benzene rings is 3. The summed E-state index contributed by atoms with van der Waals surface area (Å²) >= 11 is 0. The van der Waals surface area contributed by atoms with Crippen LogP contribution in [0.4, 0.5) is 5.69 Å². The molecule has 32 heavy (non-hydrogen) atoms. The van der Waals surface area contributed by atoms with Crippen molar-refractivity contribution in [3.63, 3.8) is 0 Å². The average molecular weight is 424 g/mol. The van der Waals surface area contributed by atoms with Crippen LogP contribution in [0.5, 0.6) is 5.75 Å².